The summed E-state index contributed by atoms with van der Waals surface area (Å²) in [5, 5.41) is 24.0. The van der Waals surface area contributed by atoms with E-state index < -0.39 is 29.8 Å². The molecule has 2 saturated heterocycles. The summed E-state index contributed by atoms with van der Waals surface area (Å²) >= 11 is 0. The van der Waals surface area contributed by atoms with Crippen molar-refractivity contribution in [1.82, 2.24) is 5.32 Å². The molecule has 2 unspecified atom stereocenters. The van der Waals surface area contributed by atoms with Gasteiger partial charge in [-0.15, -0.1) is 0 Å². The summed E-state index contributed by atoms with van der Waals surface area (Å²) in [4.78, 5) is 27.6. The Morgan fingerprint density at radius 3 is 2.60 bits per heavy atom. The third kappa shape index (κ3) is 3.19. The number of aliphatic hydroxyl groups is 2. The number of carbonyl (C=O) groups excluding carboxylic acids is 2. The molecule has 4 aliphatic rings. The van der Waals surface area contributed by atoms with Crippen molar-refractivity contribution in [3.05, 3.63) is 23.3 Å². The number of amides is 1. The van der Waals surface area contributed by atoms with E-state index >= 15 is 0 Å². The molecule has 9 atom stereocenters. The number of rotatable bonds is 2. The molecule has 2 fully saturated rings. The molecule has 30 heavy (non-hydrogen) atoms. The molecule has 0 aromatic rings. The molecule has 0 aromatic heterocycles. The molecule has 2 heterocycles. The fraction of sp³-hybridized carbons (Fsp3) is 0.750. The SMILES string of the molecule is CC1=CC2/C=C(/C)CC[C@@H](O)[C@@H](O)[C@H]3O[C@H]3C(=O)[C@]23C(=O)NC(CC(C)C)[C@@H]3[C@@H]1C. The number of ether oxygens (including phenoxy) is 1. The highest BCUT2D eigenvalue weighted by molar-refractivity contribution is 6.12. The van der Waals surface area contributed by atoms with Crippen molar-refractivity contribution in [3.8, 4) is 0 Å². The Bertz CT molecular complexity index is 801. The summed E-state index contributed by atoms with van der Waals surface area (Å²) < 4.78 is 5.61. The van der Waals surface area contributed by atoms with Crippen LogP contribution in [-0.4, -0.2) is 52.4 Å². The highest BCUT2D eigenvalue weighted by Gasteiger charge is 2.70. The zero-order valence-electron chi connectivity index (χ0n) is 18.6. The summed E-state index contributed by atoms with van der Waals surface area (Å²) in [5.74, 6) is -0.485. The maximum Gasteiger partial charge on any atom is 0.235 e. The van der Waals surface area contributed by atoms with Gasteiger partial charge in [0.2, 0.25) is 5.91 Å². The van der Waals surface area contributed by atoms with Crippen LogP contribution in [0.15, 0.2) is 23.3 Å². The molecule has 2 aliphatic carbocycles. The van der Waals surface area contributed by atoms with E-state index in [-0.39, 0.29) is 35.5 Å². The van der Waals surface area contributed by atoms with Crippen molar-refractivity contribution in [1.29, 1.82) is 0 Å². The van der Waals surface area contributed by atoms with Crippen LogP contribution in [0, 0.1) is 29.1 Å². The van der Waals surface area contributed by atoms with Crippen molar-refractivity contribution in [2.45, 2.75) is 84.3 Å². The molecule has 2 aliphatic heterocycles. The lowest BCUT2D eigenvalue weighted by molar-refractivity contribution is -0.146. The van der Waals surface area contributed by atoms with Crippen LogP contribution in [0.25, 0.3) is 0 Å². The maximum atomic E-state index is 14.0. The van der Waals surface area contributed by atoms with Crippen molar-refractivity contribution >= 4 is 11.7 Å². The molecule has 6 nitrogen and oxygen atoms in total. The van der Waals surface area contributed by atoms with Crippen molar-refractivity contribution < 1.29 is 24.5 Å². The average Bonchev–Trinajstić information content (AvgIpc) is 3.41. The first-order chi connectivity index (χ1) is 14.1. The molecular formula is C24H35NO5. The van der Waals surface area contributed by atoms with Crippen LogP contribution in [0.3, 0.4) is 0 Å². The molecule has 1 amide bonds. The second kappa shape index (κ2) is 7.57. The van der Waals surface area contributed by atoms with E-state index in [1.54, 1.807) is 0 Å². The molecular weight excluding hydrogens is 382 g/mol. The Balaban J connectivity index is 1.87. The summed E-state index contributed by atoms with van der Waals surface area (Å²) in [7, 11) is 0. The first kappa shape index (κ1) is 21.7. The van der Waals surface area contributed by atoms with Gasteiger partial charge in [0.15, 0.2) is 5.78 Å². The number of aliphatic hydroxyl groups excluding tert-OH is 2. The number of Topliss-reactive ketones (excluding diaryl/α,β-unsaturated/α-hetero) is 1. The number of nitrogens with one attached hydrogen (secondary N) is 1. The van der Waals surface area contributed by atoms with Gasteiger partial charge in [-0.2, -0.15) is 0 Å². The van der Waals surface area contributed by atoms with E-state index in [4.69, 9.17) is 4.74 Å². The van der Waals surface area contributed by atoms with Gasteiger partial charge in [-0.05, 0) is 44.9 Å². The number of fused-ring (bicyclic) bond motifs is 1. The maximum absolute atomic E-state index is 14.0. The van der Waals surface area contributed by atoms with Crippen molar-refractivity contribution in [2.24, 2.45) is 29.1 Å². The topological polar surface area (TPSA) is 99.2 Å². The van der Waals surface area contributed by atoms with Gasteiger partial charge in [-0.1, -0.05) is 44.1 Å². The molecule has 3 N–H and O–H groups in total. The normalized spacial score (nSPS) is 47.9. The van der Waals surface area contributed by atoms with Gasteiger partial charge in [-0.25, -0.2) is 0 Å². The number of carbonyl (C=O) groups is 2. The summed E-state index contributed by atoms with van der Waals surface area (Å²) in [6, 6.07) is -0.0749. The Morgan fingerprint density at radius 1 is 1.23 bits per heavy atom. The molecule has 0 saturated carbocycles. The van der Waals surface area contributed by atoms with Crippen LogP contribution in [-0.2, 0) is 14.3 Å². The van der Waals surface area contributed by atoms with Crippen molar-refractivity contribution in [3.63, 3.8) is 0 Å². The largest absolute Gasteiger partial charge is 0.390 e. The van der Waals surface area contributed by atoms with Crippen molar-refractivity contribution in [2.75, 3.05) is 0 Å². The Kier molecular flexibility index (Phi) is 5.48. The molecule has 166 valence electrons. The van der Waals surface area contributed by atoms with E-state index in [9.17, 15) is 19.8 Å². The van der Waals surface area contributed by atoms with E-state index in [1.165, 1.54) is 5.57 Å². The van der Waals surface area contributed by atoms with Gasteiger partial charge in [0.1, 0.15) is 23.7 Å². The van der Waals surface area contributed by atoms with E-state index in [0.29, 0.717) is 18.8 Å². The summed E-state index contributed by atoms with van der Waals surface area (Å²) in [6.07, 6.45) is 2.29. The monoisotopic (exact) mass is 417 g/mol. The van der Waals surface area contributed by atoms with Gasteiger partial charge < -0.3 is 20.3 Å². The van der Waals surface area contributed by atoms with Gasteiger partial charge >= 0.3 is 0 Å². The third-order valence-corrected chi connectivity index (χ3v) is 7.82. The lowest BCUT2D eigenvalue weighted by Gasteiger charge is -2.44. The van der Waals surface area contributed by atoms with Crippen LogP contribution in [0.2, 0.25) is 0 Å². The van der Waals surface area contributed by atoms with Crippen LogP contribution in [0.4, 0.5) is 0 Å². The number of epoxide rings is 1. The van der Waals surface area contributed by atoms with Gasteiger partial charge in [0.25, 0.3) is 0 Å². The Labute approximate surface area is 178 Å². The fourth-order valence-electron chi connectivity index (χ4n) is 6.13. The van der Waals surface area contributed by atoms with Gasteiger partial charge in [-0.3, -0.25) is 9.59 Å². The molecule has 6 heteroatoms. The molecule has 1 spiro atoms. The highest BCUT2D eigenvalue weighted by Crippen LogP contribution is 2.57. The minimum atomic E-state index is -1.23. The molecule has 0 radical (unpaired) electrons. The minimum Gasteiger partial charge on any atom is -0.390 e. The second-order valence-electron chi connectivity index (χ2n) is 10.3. The lowest BCUT2D eigenvalue weighted by Crippen LogP contribution is -2.54. The minimum absolute atomic E-state index is 0.0749. The number of hydrogen-bond acceptors (Lipinski definition) is 5. The zero-order chi connectivity index (χ0) is 22.0. The first-order valence-corrected chi connectivity index (χ1v) is 11.3. The Hall–Kier alpha value is -1.50. The summed E-state index contributed by atoms with van der Waals surface area (Å²) in [6.45, 7) is 10.4. The zero-order valence-corrected chi connectivity index (χ0v) is 18.6. The average molecular weight is 418 g/mol. The quantitative estimate of drug-likeness (QED) is 0.363. The predicted molar refractivity (Wildman–Crippen MR) is 112 cm³/mol. The lowest BCUT2D eigenvalue weighted by atomic mass is 9.54. The fourth-order valence-corrected chi connectivity index (χ4v) is 6.13. The van der Waals surface area contributed by atoms with E-state index in [1.807, 2.05) is 13.0 Å². The van der Waals surface area contributed by atoms with Gasteiger partial charge in [0.05, 0.1) is 6.10 Å². The first-order valence-electron chi connectivity index (χ1n) is 11.3. The highest BCUT2D eigenvalue weighted by atomic mass is 16.6. The van der Waals surface area contributed by atoms with Crippen LogP contribution in [0.1, 0.15) is 53.9 Å². The molecule has 0 bridgehead atoms. The van der Waals surface area contributed by atoms with E-state index in [0.717, 1.165) is 12.0 Å². The predicted octanol–water partition coefficient (Wildman–Crippen LogP) is 2.14. The van der Waals surface area contributed by atoms with Crippen LogP contribution >= 0.6 is 0 Å². The third-order valence-electron chi connectivity index (χ3n) is 7.82. The molecule has 4 rings (SSSR count). The Morgan fingerprint density at radius 2 is 1.93 bits per heavy atom. The summed E-state index contributed by atoms with van der Waals surface area (Å²) in [5.41, 5.74) is 0.993. The number of allylic oxidation sites excluding steroid dienone is 4. The standard InChI is InChI=1S/C24H35NO5/c1-11(2)8-16-18-14(5)13(4)10-15-9-12(3)6-7-17(26)19(27)20-21(30-20)22(28)24(15,18)23(29)25-16/h9-11,14-21,26-27H,6-8H2,1-5H3,(H,25,29)/b12-9-/t14-,15?,16?,17-,18+,19-,20-,21-,24+/m1/s1. The van der Waals surface area contributed by atoms with Crippen LogP contribution < -0.4 is 5.32 Å². The van der Waals surface area contributed by atoms with Crippen LogP contribution in [0.5, 0.6) is 0 Å². The van der Waals surface area contributed by atoms with Gasteiger partial charge in [0, 0.05) is 17.9 Å². The van der Waals surface area contributed by atoms with E-state index in [2.05, 4.69) is 39.1 Å². The number of ketones is 1. The number of hydrogen-bond donors (Lipinski definition) is 3. The smallest absolute Gasteiger partial charge is 0.235 e. The second-order valence-corrected chi connectivity index (χ2v) is 10.3. The molecule has 0 aromatic carbocycles.